The summed E-state index contributed by atoms with van der Waals surface area (Å²) in [7, 11) is 0. The van der Waals surface area contributed by atoms with Gasteiger partial charge in [0.15, 0.2) is 0 Å². The van der Waals surface area contributed by atoms with Gasteiger partial charge in [0.25, 0.3) is 0 Å². The van der Waals surface area contributed by atoms with Gasteiger partial charge in [0.05, 0.1) is 0 Å². The van der Waals surface area contributed by atoms with Gasteiger partial charge in [-0.05, 0) is 77.8 Å². The van der Waals surface area contributed by atoms with E-state index in [9.17, 15) is 4.79 Å². The smallest absolute Gasteiger partial charge is 0.132 e. The number of Topliss-reactive ketones (excluding diaryl/α,β-unsaturated/α-hetero) is 1. The lowest BCUT2D eigenvalue weighted by Crippen LogP contribution is -2.09. The molecule has 0 aliphatic heterocycles. The molecule has 2 heteroatoms. The molecular formula is C30H34O2. The molecule has 0 bridgehead atoms. The van der Waals surface area contributed by atoms with Gasteiger partial charge in [-0.3, -0.25) is 4.79 Å². The molecule has 0 saturated carbocycles. The predicted molar refractivity (Wildman–Crippen MR) is 135 cm³/mol. The first-order chi connectivity index (χ1) is 15.3. The third-order valence-corrected chi connectivity index (χ3v) is 6.05. The molecule has 0 fully saturated rings. The van der Waals surface area contributed by atoms with Crippen molar-refractivity contribution in [3.8, 4) is 16.9 Å². The van der Waals surface area contributed by atoms with Gasteiger partial charge in [-0.1, -0.05) is 81.4 Å². The molecule has 166 valence electrons. The highest BCUT2D eigenvalue weighted by Gasteiger charge is 2.08. The van der Waals surface area contributed by atoms with Crippen LogP contribution in [0.25, 0.3) is 16.7 Å². The van der Waals surface area contributed by atoms with E-state index < -0.39 is 0 Å². The second-order valence-corrected chi connectivity index (χ2v) is 8.91. The average Bonchev–Trinajstić information content (AvgIpc) is 2.80. The summed E-state index contributed by atoms with van der Waals surface area (Å²) in [5.74, 6) is 1.67. The van der Waals surface area contributed by atoms with Crippen molar-refractivity contribution in [2.45, 2.75) is 47.0 Å². The van der Waals surface area contributed by atoms with E-state index in [1.54, 1.807) is 6.92 Å². The van der Waals surface area contributed by atoms with Crippen molar-refractivity contribution in [2.24, 2.45) is 5.92 Å². The number of carbonyl (C=O) groups is 1. The maximum absolute atomic E-state index is 11.4. The second-order valence-electron chi connectivity index (χ2n) is 8.91. The average molecular weight is 427 g/mol. The zero-order valence-corrected chi connectivity index (χ0v) is 19.9. The molecule has 0 aromatic heterocycles. The molecule has 3 rings (SSSR count). The Bertz CT molecular complexity index is 1040. The highest BCUT2D eigenvalue weighted by molar-refractivity contribution is 5.78. The molecule has 0 aliphatic rings. The van der Waals surface area contributed by atoms with Gasteiger partial charge in [-0.25, -0.2) is 0 Å². The molecule has 3 aromatic rings. The Hall–Kier alpha value is -3.13. The van der Waals surface area contributed by atoms with Crippen molar-refractivity contribution in [1.82, 2.24) is 0 Å². The maximum atomic E-state index is 11.4. The molecule has 32 heavy (non-hydrogen) atoms. The van der Waals surface area contributed by atoms with Crippen molar-refractivity contribution in [2.75, 3.05) is 6.61 Å². The second kappa shape index (κ2) is 10.9. The van der Waals surface area contributed by atoms with Crippen LogP contribution in [0.4, 0.5) is 0 Å². The summed E-state index contributed by atoms with van der Waals surface area (Å²) in [6.07, 6.45) is 2.88. The SMILES string of the molecule is CC(=O)C(C)Cc1ccc(OC/C=C(\C)c2ccc(-c3ccc(C(C)C)cc3)cc2)cc1. The lowest BCUT2D eigenvalue weighted by atomic mass is 9.97. The standard InChI is InChI=1S/C30H34O2/c1-21(2)26-8-12-28(13-9-26)29-14-10-27(11-15-29)22(3)18-19-32-30-16-6-25(7-17-30)20-23(4)24(5)31/h6-18,21,23H,19-20H2,1-5H3/b22-18+. The molecule has 0 amide bonds. The molecule has 0 spiro atoms. The summed E-state index contributed by atoms with van der Waals surface area (Å²) in [5.41, 5.74) is 7.39. The zero-order valence-electron chi connectivity index (χ0n) is 19.9. The topological polar surface area (TPSA) is 26.3 Å². The number of ether oxygens (including phenoxy) is 1. The number of allylic oxidation sites excluding steroid dienone is 1. The molecule has 1 unspecified atom stereocenters. The summed E-state index contributed by atoms with van der Waals surface area (Å²) in [6, 6.07) is 25.6. The van der Waals surface area contributed by atoms with Crippen LogP contribution in [0.15, 0.2) is 78.9 Å². The van der Waals surface area contributed by atoms with Crippen LogP contribution in [0.3, 0.4) is 0 Å². The van der Waals surface area contributed by atoms with Gasteiger partial charge in [0.1, 0.15) is 18.1 Å². The van der Waals surface area contributed by atoms with Gasteiger partial charge in [0, 0.05) is 5.92 Å². The Labute approximate surface area is 193 Å². The molecule has 1 atom stereocenters. The Morgan fingerprint density at radius 3 is 1.91 bits per heavy atom. The van der Waals surface area contributed by atoms with Crippen LogP contribution in [0.1, 0.15) is 57.2 Å². The zero-order chi connectivity index (χ0) is 23.1. The number of ketones is 1. The summed E-state index contributed by atoms with van der Waals surface area (Å²) in [6.45, 7) is 10.7. The molecule has 0 aliphatic carbocycles. The first-order valence-corrected chi connectivity index (χ1v) is 11.4. The monoisotopic (exact) mass is 426 g/mol. The molecule has 2 nitrogen and oxygen atoms in total. The fourth-order valence-electron chi connectivity index (χ4n) is 3.59. The molecular weight excluding hydrogens is 392 g/mol. The Balaban J connectivity index is 1.56. The molecule has 3 aromatic carbocycles. The van der Waals surface area contributed by atoms with E-state index in [0.717, 1.165) is 17.7 Å². The molecule has 0 heterocycles. The number of hydrogen-bond donors (Lipinski definition) is 0. The van der Waals surface area contributed by atoms with E-state index in [4.69, 9.17) is 4.74 Å². The molecule has 0 N–H and O–H groups in total. The maximum Gasteiger partial charge on any atom is 0.132 e. The van der Waals surface area contributed by atoms with E-state index in [0.29, 0.717) is 12.5 Å². The van der Waals surface area contributed by atoms with Crippen molar-refractivity contribution in [3.05, 3.63) is 95.6 Å². The minimum Gasteiger partial charge on any atom is -0.490 e. The fraction of sp³-hybridized carbons (Fsp3) is 0.300. The van der Waals surface area contributed by atoms with Crippen LogP contribution in [-0.2, 0) is 11.2 Å². The third kappa shape index (κ3) is 6.43. The van der Waals surface area contributed by atoms with Gasteiger partial charge >= 0.3 is 0 Å². The van der Waals surface area contributed by atoms with Gasteiger partial charge in [0.2, 0.25) is 0 Å². The van der Waals surface area contributed by atoms with Crippen LogP contribution in [-0.4, -0.2) is 12.4 Å². The van der Waals surface area contributed by atoms with Gasteiger partial charge in [-0.15, -0.1) is 0 Å². The molecule has 0 saturated heterocycles. The summed E-state index contributed by atoms with van der Waals surface area (Å²) in [5, 5.41) is 0. The Morgan fingerprint density at radius 2 is 1.38 bits per heavy atom. The number of hydrogen-bond acceptors (Lipinski definition) is 2. The molecule has 0 radical (unpaired) electrons. The van der Waals surface area contributed by atoms with Crippen LogP contribution >= 0.6 is 0 Å². The first kappa shape index (κ1) is 23.5. The van der Waals surface area contributed by atoms with Crippen molar-refractivity contribution >= 4 is 11.4 Å². The van der Waals surface area contributed by atoms with E-state index in [2.05, 4.69) is 75.4 Å². The summed E-state index contributed by atoms with van der Waals surface area (Å²) >= 11 is 0. The highest BCUT2D eigenvalue weighted by atomic mass is 16.5. The van der Waals surface area contributed by atoms with Crippen LogP contribution < -0.4 is 4.74 Å². The minimum absolute atomic E-state index is 0.0538. The van der Waals surface area contributed by atoms with E-state index in [-0.39, 0.29) is 11.7 Å². The normalized spacial score (nSPS) is 12.6. The lowest BCUT2D eigenvalue weighted by molar-refractivity contribution is -0.120. The highest BCUT2D eigenvalue weighted by Crippen LogP contribution is 2.25. The Kier molecular flexibility index (Phi) is 8.05. The fourth-order valence-corrected chi connectivity index (χ4v) is 3.59. The van der Waals surface area contributed by atoms with Crippen LogP contribution in [0.5, 0.6) is 5.75 Å². The summed E-state index contributed by atoms with van der Waals surface area (Å²) < 4.78 is 5.89. The van der Waals surface area contributed by atoms with Crippen LogP contribution in [0.2, 0.25) is 0 Å². The predicted octanol–water partition coefficient (Wildman–Crippen LogP) is 7.73. The summed E-state index contributed by atoms with van der Waals surface area (Å²) in [4.78, 5) is 11.4. The Morgan fingerprint density at radius 1 is 0.812 bits per heavy atom. The lowest BCUT2D eigenvalue weighted by Gasteiger charge is -2.10. The van der Waals surface area contributed by atoms with E-state index in [1.165, 1.54) is 27.8 Å². The number of benzene rings is 3. The first-order valence-electron chi connectivity index (χ1n) is 11.4. The van der Waals surface area contributed by atoms with E-state index in [1.807, 2.05) is 31.2 Å². The van der Waals surface area contributed by atoms with Gasteiger partial charge < -0.3 is 4.74 Å². The number of carbonyl (C=O) groups excluding carboxylic acids is 1. The van der Waals surface area contributed by atoms with Crippen LogP contribution in [0, 0.1) is 5.92 Å². The minimum atomic E-state index is 0.0538. The number of rotatable bonds is 9. The van der Waals surface area contributed by atoms with Crippen molar-refractivity contribution < 1.29 is 9.53 Å². The van der Waals surface area contributed by atoms with Crippen molar-refractivity contribution in [3.63, 3.8) is 0 Å². The van der Waals surface area contributed by atoms with Gasteiger partial charge in [-0.2, -0.15) is 0 Å². The quantitative estimate of drug-likeness (QED) is 0.350. The largest absolute Gasteiger partial charge is 0.490 e. The van der Waals surface area contributed by atoms with Crippen molar-refractivity contribution in [1.29, 1.82) is 0 Å². The third-order valence-electron chi connectivity index (χ3n) is 6.05. The van der Waals surface area contributed by atoms with E-state index >= 15 is 0 Å².